The van der Waals surface area contributed by atoms with Crippen molar-refractivity contribution < 1.29 is 9.53 Å². The first-order valence-electron chi connectivity index (χ1n) is 7.59. The van der Waals surface area contributed by atoms with Crippen molar-refractivity contribution in [1.29, 1.82) is 0 Å². The average Bonchev–Trinajstić information content (AvgIpc) is 2.55. The number of ether oxygens (including phenoxy) is 1. The van der Waals surface area contributed by atoms with Crippen molar-refractivity contribution in [2.75, 3.05) is 7.11 Å². The number of aromatic nitrogens is 1. The van der Waals surface area contributed by atoms with Gasteiger partial charge in [0.2, 0.25) is 0 Å². The Labute approximate surface area is 125 Å². The van der Waals surface area contributed by atoms with Gasteiger partial charge in [0.1, 0.15) is 5.60 Å². The molecular formula is C18H21NO2. The van der Waals surface area contributed by atoms with Gasteiger partial charge in [-0.1, -0.05) is 25.1 Å². The Morgan fingerprint density at radius 3 is 2.76 bits per heavy atom. The quantitative estimate of drug-likeness (QED) is 0.799. The molecule has 0 N–H and O–H groups in total. The number of hydrogen-bond acceptors (Lipinski definition) is 3. The number of ketones is 1. The van der Waals surface area contributed by atoms with Gasteiger partial charge >= 0.3 is 0 Å². The van der Waals surface area contributed by atoms with E-state index < -0.39 is 5.60 Å². The normalized spacial score (nSPS) is 25.9. The number of carbonyl (C=O) groups is 1. The molecule has 3 nitrogen and oxygen atoms in total. The predicted octanol–water partition coefficient (Wildman–Crippen LogP) is 4.01. The van der Waals surface area contributed by atoms with E-state index in [1.54, 1.807) is 19.5 Å². The van der Waals surface area contributed by atoms with E-state index in [0.29, 0.717) is 5.92 Å². The van der Waals surface area contributed by atoms with Gasteiger partial charge in [-0.05, 0) is 43.1 Å². The third-order valence-electron chi connectivity index (χ3n) is 4.81. The molecule has 21 heavy (non-hydrogen) atoms. The highest BCUT2D eigenvalue weighted by atomic mass is 16.5. The Kier molecular flexibility index (Phi) is 3.77. The molecule has 0 unspecified atom stereocenters. The van der Waals surface area contributed by atoms with Crippen LogP contribution in [0.4, 0.5) is 0 Å². The van der Waals surface area contributed by atoms with Gasteiger partial charge in [0, 0.05) is 30.5 Å². The molecule has 1 aliphatic rings. The minimum absolute atomic E-state index is 0.119. The molecule has 3 rings (SSSR count). The lowest BCUT2D eigenvalue weighted by atomic mass is 9.75. The van der Waals surface area contributed by atoms with Crippen molar-refractivity contribution in [3.8, 4) is 0 Å². The van der Waals surface area contributed by atoms with E-state index in [1.807, 2.05) is 24.3 Å². The van der Waals surface area contributed by atoms with Crippen molar-refractivity contribution >= 4 is 16.6 Å². The summed E-state index contributed by atoms with van der Waals surface area (Å²) >= 11 is 0. The molecule has 0 amide bonds. The molecule has 0 bridgehead atoms. The molecule has 1 saturated carbocycles. The highest BCUT2D eigenvalue weighted by molar-refractivity contribution is 6.11. The molecular weight excluding hydrogens is 262 g/mol. The Balaban J connectivity index is 2.03. The Bertz CT molecular complexity index is 652. The van der Waals surface area contributed by atoms with Crippen LogP contribution in [0.25, 0.3) is 10.8 Å². The molecule has 3 heteroatoms. The van der Waals surface area contributed by atoms with Crippen LogP contribution in [0.3, 0.4) is 0 Å². The molecule has 1 fully saturated rings. The summed E-state index contributed by atoms with van der Waals surface area (Å²) in [6.07, 6.45) is 7.25. The SMILES string of the molecule is COC1(C(=O)c2cccc3cnccc23)CCC(C)CC1. The maximum Gasteiger partial charge on any atom is 0.195 e. The Morgan fingerprint density at radius 2 is 2.05 bits per heavy atom. The van der Waals surface area contributed by atoms with Gasteiger partial charge < -0.3 is 4.74 Å². The van der Waals surface area contributed by atoms with Gasteiger partial charge in [-0.25, -0.2) is 0 Å². The summed E-state index contributed by atoms with van der Waals surface area (Å²) in [4.78, 5) is 17.3. The molecule has 0 aliphatic heterocycles. The summed E-state index contributed by atoms with van der Waals surface area (Å²) < 4.78 is 5.73. The van der Waals surface area contributed by atoms with Crippen molar-refractivity contribution in [2.24, 2.45) is 5.92 Å². The maximum absolute atomic E-state index is 13.1. The molecule has 1 aromatic carbocycles. The lowest BCUT2D eigenvalue weighted by Crippen LogP contribution is -2.44. The predicted molar refractivity (Wildman–Crippen MR) is 83.4 cm³/mol. The number of rotatable bonds is 3. The number of pyridine rings is 1. The second-order valence-electron chi connectivity index (χ2n) is 6.11. The maximum atomic E-state index is 13.1. The van der Waals surface area contributed by atoms with Crippen molar-refractivity contribution in [3.05, 3.63) is 42.2 Å². The largest absolute Gasteiger partial charge is 0.370 e. The number of nitrogens with zero attached hydrogens (tertiary/aromatic N) is 1. The molecule has 1 aromatic heterocycles. The zero-order chi connectivity index (χ0) is 14.9. The van der Waals surface area contributed by atoms with E-state index >= 15 is 0 Å². The second-order valence-corrected chi connectivity index (χ2v) is 6.11. The third kappa shape index (κ3) is 2.46. The average molecular weight is 283 g/mol. The fraction of sp³-hybridized carbons (Fsp3) is 0.444. The molecule has 0 atom stereocenters. The first-order chi connectivity index (χ1) is 10.2. The molecule has 2 aromatic rings. The van der Waals surface area contributed by atoms with Crippen molar-refractivity contribution in [3.63, 3.8) is 0 Å². The van der Waals surface area contributed by atoms with Crippen LogP contribution in [0.5, 0.6) is 0 Å². The summed E-state index contributed by atoms with van der Waals surface area (Å²) in [6, 6.07) is 7.73. The highest BCUT2D eigenvalue weighted by Gasteiger charge is 2.41. The number of Topliss-reactive ketones (excluding diaryl/α,β-unsaturated/α-hetero) is 1. The van der Waals surface area contributed by atoms with E-state index in [-0.39, 0.29) is 5.78 Å². The molecule has 1 heterocycles. The summed E-state index contributed by atoms with van der Waals surface area (Å²) in [5.41, 5.74) is 0.107. The first-order valence-corrected chi connectivity index (χ1v) is 7.59. The van der Waals surface area contributed by atoms with Gasteiger partial charge in [0.25, 0.3) is 0 Å². The van der Waals surface area contributed by atoms with Crippen molar-refractivity contribution in [2.45, 2.75) is 38.2 Å². The summed E-state index contributed by atoms with van der Waals surface area (Å²) in [5.74, 6) is 0.798. The number of fused-ring (bicyclic) bond motifs is 1. The van der Waals surface area contributed by atoms with Crippen LogP contribution in [0.1, 0.15) is 43.0 Å². The Hall–Kier alpha value is -1.74. The standard InChI is InChI=1S/C18H21NO2/c1-13-6-9-18(21-2,10-7-13)17(20)16-5-3-4-14-12-19-11-8-15(14)16/h3-5,8,11-13H,6-7,9-10H2,1-2H3. The van der Waals surface area contributed by atoms with E-state index in [1.165, 1.54) is 0 Å². The fourth-order valence-electron chi connectivity index (χ4n) is 3.32. The van der Waals surface area contributed by atoms with Crippen molar-refractivity contribution in [1.82, 2.24) is 4.98 Å². The number of hydrogen-bond donors (Lipinski definition) is 0. The van der Waals surface area contributed by atoms with Gasteiger partial charge in [-0.3, -0.25) is 9.78 Å². The van der Waals surface area contributed by atoms with Crippen LogP contribution in [0.15, 0.2) is 36.7 Å². The number of methoxy groups -OCH3 is 1. The topological polar surface area (TPSA) is 39.2 Å². The molecule has 1 aliphatic carbocycles. The lowest BCUT2D eigenvalue weighted by Gasteiger charge is -2.37. The van der Waals surface area contributed by atoms with Gasteiger partial charge in [-0.2, -0.15) is 0 Å². The summed E-state index contributed by atoms with van der Waals surface area (Å²) in [5, 5.41) is 1.96. The van der Waals surface area contributed by atoms with Crippen LogP contribution < -0.4 is 0 Å². The number of benzene rings is 1. The molecule has 110 valence electrons. The third-order valence-corrected chi connectivity index (χ3v) is 4.81. The lowest BCUT2D eigenvalue weighted by molar-refractivity contribution is -0.0261. The fourth-order valence-corrected chi connectivity index (χ4v) is 3.32. The van der Waals surface area contributed by atoms with Gasteiger partial charge in [0.15, 0.2) is 5.78 Å². The molecule has 0 spiro atoms. The van der Waals surface area contributed by atoms with E-state index in [4.69, 9.17) is 4.74 Å². The first kappa shape index (κ1) is 14.2. The molecule has 0 radical (unpaired) electrons. The smallest absolute Gasteiger partial charge is 0.195 e. The Morgan fingerprint density at radius 1 is 1.29 bits per heavy atom. The zero-order valence-corrected chi connectivity index (χ0v) is 12.6. The van der Waals surface area contributed by atoms with Gasteiger partial charge in [0.05, 0.1) is 0 Å². The van der Waals surface area contributed by atoms with Crippen LogP contribution in [0.2, 0.25) is 0 Å². The van der Waals surface area contributed by atoms with Crippen LogP contribution in [-0.4, -0.2) is 23.5 Å². The molecule has 0 saturated heterocycles. The monoisotopic (exact) mass is 283 g/mol. The van der Waals surface area contributed by atoms with Gasteiger partial charge in [-0.15, -0.1) is 0 Å². The summed E-state index contributed by atoms with van der Waals surface area (Å²) in [7, 11) is 1.67. The second kappa shape index (κ2) is 5.57. The van der Waals surface area contributed by atoms with E-state index in [2.05, 4.69) is 11.9 Å². The highest BCUT2D eigenvalue weighted by Crippen LogP contribution is 2.37. The zero-order valence-electron chi connectivity index (χ0n) is 12.6. The number of carbonyl (C=O) groups excluding carboxylic acids is 1. The van der Waals surface area contributed by atoms with Crippen LogP contribution in [-0.2, 0) is 4.74 Å². The van der Waals surface area contributed by atoms with E-state index in [0.717, 1.165) is 42.0 Å². The van der Waals surface area contributed by atoms with E-state index in [9.17, 15) is 4.79 Å². The minimum Gasteiger partial charge on any atom is -0.370 e. The van der Waals surface area contributed by atoms with Crippen LogP contribution >= 0.6 is 0 Å². The summed E-state index contributed by atoms with van der Waals surface area (Å²) in [6.45, 7) is 2.24. The minimum atomic E-state index is -0.649. The van der Waals surface area contributed by atoms with Crippen LogP contribution in [0, 0.1) is 5.92 Å².